The average molecular weight is 249 g/mol. The van der Waals surface area contributed by atoms with Gasteiger partial charge in [-0.25, -0.2) is 9.97 Å². The fourth-order valence-corrected chi connectivity index (χ4v) is 2.03. The van der Waals surface area contributed by atoms with Crippen LogP contribution < -0.4 is 10.5 Å². The van der Waals surface area contributed by atoms with Crippen LogP contribution in [0.4, 0.5) is 0 Å². The Hall–Kier alpha value is -1.82. The fraction of sp³-hybridized carbons (Fsp3) is 0.182. The zero-order valence-corrected chi connectivity index (χ0v) is 10.0. The van der Waals surface area contributed by atoms with Crippen LogP contribution in [-0.4, -0.2) is 28.7 Å². The van der Waals surface area contributed by atoms with Crippen molar-refractivity contribution in [2.45, 2.75) is 5.03 Å². The van der Waals surface area contributed by atoms with E-state index in [9.17, 15) is 4.79 Å². The topological polar surface area (TPSA) is 78.1 Å². The van der Waals surface area contributed by atoms with Crippen molar-refractivity contribution in [1.82, 2.24) is 9.97 Å². The number of fused-ring (bicyclic) bond motifs is 1. The molecule has 1 aromatic carbocycles. The Bertz CT molecular complexity index is 559. The molecule has 0 aliphatic rings. The number of nitrogens with two attached hydrogens (primary N) is 1. The predicted octanol–water partition coefficient (Wildman–Crippen LogP) is 1.22. The van der Waals surface area contributed by atoms with Gasteiger partial charge in [0, 0.05) is 0 Å². The quantitative estimate of drug-likeness (QED) is 0.824. The molecule has 0 unspecified atom stereocenters. The van der Waals surface area contributed by atoms with Crippen LogP contribution in [0, 0.1) is 0 Å². The number of thioether (sulfide) groups is 1. The highest BCUT2D eigenvalue weighted by atomic mass is 32.2. The minimum Gasteiger partial charge on any atom is -0.479 e. The summed E-state index contributed by atoms with van der Waals surface area (Å²) in [6.07, 6.45) is 0. The van der Waals surface area contributed by atoms with E-state index in [0.29, 0.717) is 10.9 Å². The molecule has 0 saturated carbocycles. The van der Waals surface area contributed by atoms with Gasteiger partial charge < -0.3 is 10.5 Å². The van der Waals surface area contributed by atoms with Crippen molar-refractivity contribution in [2.75, 3.05) is 12.9 Å². The molecule has 88 valence electrons. The Labute approximate surface area is 102 Å². The molecule has 0 aliphatic carbocycles. The van der Waals surface area contributed by atoms with Gasteiger partial charge in [-0.2, -0.15) is 0 Å². The number of aromatic nitrogens is 2. The molecule has 0 bridgehead atoms. The lowest BCUT2D eigenvalue weighted by atomic mass is 10.3. The predicted molar refractivity (Wildman–Crippen MR) is 66.0 cm³/mol. The number of carbonyl (C=O) groups excluding carboxylic acids is 1. The number of primary amides is 1. The Kier molecular flexibility index (Phi) is 3.43. The van der Waals surface area contributed by atoms with Crippen molar-refractivity contribution < 1.29 is 9.53 Å². The highest BCUT2D eigenvalue weighted by molar-refractivity contribution is 8.00. The number of carbonyl (C=O) groups is 1. The molecule has 0 aliphatic heterocycles. The second-order valence-corrected chi connectivity index (χ2v) is 4.25. The molecular formula is C11H11N3O2S. The Morgan fingerprint density at radius 3 is 2.59 bits per heavy atom. The maximum atomic E-state index is 10.7. The number of ether oxygens (including phenoxy) is 1. The number of rotatable bonds is 4. The van der Waals surface area contributed by atoms with Gasteiger partial charge >= 0.3 is 0 Å². The summed E-state index contributed by atoms with van der Waals surface area (Å²) in [5.41, 5.74) is 6.62. The molecule has 0 atom stereocenters. The van der Waals surface area contributed by atoms with E-state index in [1.807, 2.05) is 24.3 Å². The molecule has 6 heteroatoms. The third kappa shape index (κ3) is 2.65. The summed E-state index contributed by atoms with van der Waals surface area (Å²) in [4.78, 5) is 19.4. The molecule has 1 aromatic heterocycles. The molecule has 2 N–H and O–H groups in total. The zero-order chi connectivity index (χ0) is 12.3. The summed E-state index contributed by atoms with van der Waals surface area (Å²) in [7, 11) is 1.52. The van der Waals surface area contributed by atoms with Crippen LogP contribution >= 0.6 is 11.8 Å². The molecule has 2 rings (SSSR count). The van der Waals surface area contributed by atoms with Crippen LogP contribution in [0.15, 0.2) is 29.3 Å². The van der Waals surface area contributed by atoms with E-state index in [1.54, 1.807) is 0 Å². The molecule has 0 saturated heterocycles. The van der Waals surface area contributed by atoms with Gasteiger partial charge in [-0.05, 0) is 12.1 Å². The maximum Gasteiger partial charge on any atom is 0.247 e. The third-order valence-electron chi connectivity index (χ3n) is 2.05. The number of benzene rings is 1. The number of hydrogen-bond acceptors (Lipinski definition) is 5. The third-order valence-corrected chi connectivity index (χ3v) is 3.02. The molecule has 1 amide bonds. The molecule has 0 spiro atoms. The Morgan fingerprint density at radius 1 is 1.35 bits per heavy atom. The van der Waals surface area contributed by atoms with Gasteiger partial charge in [-0.15, -0.1) is 0 Å². The fourth-order valence-electron chi connectivity index (χ4n) is 1.33. The highest BCUT2D eigenvalue weighted by Gasteiger charge is 2.10. The molecule has 0 fully saturated rings. The first-order valence-corrected chi connectivity index (χ1v) is 5.91. The molecule has 5 nitrogen and oxygen atoms in total. The van der Waals surface area contributed by atoms with Crippen molar-refractivity contribution >= 4 is 28.7 Å². The number of methoxy groups -OCH3 is 1. The standard InChI is InChI=1S/C11H11N3O2S/c1-16-10-11(17-6-9(12)15)14-8-5-3-2-4-7(8)13-10/h2-5H,6H2,1H3,(H2,12,15). The molecule has 0 radical (unpaired) electrons. The van der Waals surface area contributed by atoms with E-state index in [-0.39, 0.29) is 5.75 Å². The van der Waals surface area contributed by atoms with E-state index in [4.69, 9.17) is 10.5 Å². The molecular weight excluding hydrogens is 238 g/mol. The monoisotopic (exact) mass is 249 g/mol. The second kappa shape index (κ2) is 5.01. The Balaban J connectivity index is 2.41. The van der Waals surface area contributed by atoms with E-state index < -0.39 is 5.91 Å². The van der Waals surface area contributed by atoms with Gasteiger partial charge in [0.2, 0.25) is 11.8 Å². The number of hydrogen-bond donors (Lipinski definition) is 1. The lowest BCUT2D eigenvalue weighted by molar-refractivity contribution is -0.115. The van der Waals surface area contributed by atoms with E-state index in [0.717, 1.165) is 11.0 Å². The van der Waals surface area contributed by atoms with E-state index in [2.05, 4.69) is 9.97 Å². The summed E-state index contributed by atoms with van der Waals surface area (Å²) >= 11 is 1.22. The largest absolute Gasteiger partial charge is 0.479 e. The minimum absolute atomic E-state index is 0.156. The van der Waals surface area contributed by atoms with Crippen molar-refractivity contribution in [2.24, 2.45) is 5.73 Å². The summed E-state index contributed by atoms with van der Waals surface area (Å²) in [5.74, 6) is 0.172. The first-order chi connectivity index (χ1) is 8.20. The van der Waals surface area contributed by atoms with Gasteiger partial charge in [0.25, 0.3) is 0 Å². The number of para-hydroxylation sites is 2. The number of nitrogens with zero attached hydrogens (tertiary/aromatic N) is 2. The lowest BCUT2D eigenvalue weighted by Gasteiger charge is -2.06. The minimum atomic E-state index is -0.396. The van der Waals surface area contributed by atoms with Crippen LogP contribution in [0.1, 0.15) is 0 Å². The van der Waals surface area contributed by atoms with Crippen LogP contribution in [0.3, 0.4) is 0 Å². The average Bonchev–Trinajstić information content (AvgIpc) is 2.35. The Morgan fingerprint density at radius 2 is 2.00 bits per heavy atom. The normalized spacial score (nSPS) is 10.4. The number of amides is 1. The highest BCUT2D eigenvalue weighted by Crippen LogP contribution is 2.27. The van der Waals surface area contributed by atoms with Crippen molar-refractivity contribution in [3.63, 3.8) is 0 Å². The molecule has 2 aromatic rings. The van der Waals surface area contributed by atoms with Crippen LogP contribution in [0.5, 0.6) is 5.88 Å². The molecule has 1 heterocycles. The zero-order valence-electron chi connectivity index (χ0n) is 9.21. The first-order valence-electron chi connectivity index (χ1n) is 4.92. The first kappa shape index (κ1) is 11.7. The van der Waals surface area contributed by atoms with Crippen molar-refractivity contribution in [1.29, 1.82) is 0 Å². The summed E-state index contributed by atoms with van der Waals surface area (Å²) < 4.78 is 5.14. The van der Waals surface area contributed by atoms with Gasteiger partial charge in [-0.3, -0.25) is 4.79 Å². The van der Waals surface area contributed by atoms with Crippen LogP contribution in [0.2, 0.25) is 0 Å². The van der Waals surface area contributed by atoms with Crippen molar-refractivity contribution in [3.05, 3.63) is 24.3 Å². The molecule has 17 heavy (non-hydrogen) atoms. The van der Waals surface area contributed by atoms with Gasteiger partial charge in [-0.1, -0.05) is 23.9 Å². The second-order valence-electron chi connectivity index (χ2n) is 3.28. The van der Waals surface area contributed by atoms with E-state index in [1.165, 1.54) is 18.9 Å². The van der Waals surface area contributed by atoms with Crippen LogP contribution in [0.25, 0.3) is 11.0 Å². The van der Waals surface area contributed by atoms with Gasteiger partial charge in [0.05, 0.1) is 23.9 Å². The summed E-state index contributed by atoms with van der Waals surface area (Å²) in [6, 6.07) is 7.47. The van der Waals surface area contributed by atoms with Gasteiger partial charge in [0.15, 0.2) is 5.03 Å². The summed E-state index contributed by atoms with van der Waals surface area (Å²) in [5, 5.41) is 0.574. The van der Waals surface area contributed by atoms with Gasteiger partial charge in [0.1, 0.15) is 0 Å². The summed E-state index contributed by atoms with van der Waals surface area (Å²) in [6.45, 7) is 0. The van der Waals surface area contributed by atoms with Crippen LogP contribution in [-0.2, 0) is 4.79 Å². The van der Waals surface area contributed by atoms with E-state index >= 15 is 0 Å². The lowest BCUT2D eigenvalue weighted by Crippen LogP contribution is -2.13. The smallest absolute Gasteiger partial charge is 0.247 e. The maximum absolute atomic E-state index is 10.7. The SMILES string of the molecule is COc1nc2ccccc2nc1SCC(N)=O. The van der Waals surface area contributed by atoms with Crippen molar-refractivity contribution in [3.8, 4) is 5.88 Å².